The van der Waals surface area contributed by atoms with E-state index in [2.05, 4.69) is 35.6 Å². The molecule has 0 radical (unpaired) electrons. The van der Waals surface area contributed by atoms with Crippen LogP contribution < -0.4 is 5.32 Å². The topological polar surface area (TPSA) is 91.8 Å². The highest BCUT2D eigenvalue weighted by Gasteiger charge is 2.10. The molecule has 0 unspecified atom stereocenters. The standard InChI is InChI=1S/C13H19N7O/c1-3-11(17-15-5-1)12-16-13(19-18-12)14-4-2-6-20-7-9-21-10-8-20/h1,3,5H,2,4,6-10H2,(H2,14,16,18,19). The van der Waals surface area contributed by atoms with Crippen molar-refractivity contribution in [3.63, 3.8) is 0 Å². The number of ether oxygens (including phenoxy) is 1. The number of morpholine rings is 1. The van der Waals surface area contributed by atoms with Crippen LogP contribution in [0.3, 0.4) is 0 Å². The quantitative estimate of drug-likeness (QED) is 0.743. The van der Waals surface area contributed by atoms with E-state index in [1.54, 1.807) is 6.20 Å². The maximum absolute atomic E-state index is 5.33. The predicted molar refractivity (Wildman–Crippen MR) is 77.8 cm³/mol. The zero-order valence-electron chi connectivity index (χ0n) is 11.8. The molecule has 1 aliphatic heterocycles. The van der Waals surface area contributed by atoms with Crippen molar-refractivity contribution in [1.29, 1.82) is 0 Å². The van der Waals surface area contributed by atoms with Crippen LogP contribution in [0.1, 0.15) is 6.42 Å². The molecule has 8 nitrogen and oxygen atoms in total. The van der Waals surface area contributed by atoms with Gasteiger partial charge in [0.1, 0.15) is 5.69 Å². The van der Waals surface area contributed by atoms with E-state index in [0.717, 1.165) is 45.8 Å². The summed E-state index contributed by atoms with van der Waals surface area (Å²) >= 11 is 0. The van der Waals surface area contributed by atoms with E-state index in [-0.39, 0.29) is 0 Å². The Bertz CT molecular complexity index is 538. The largest absolute Gasteiger partial charge is 0.379 e. The lowest BCUT2D eigenvalue weighted by atomic mass is 10.3. The van der Waals surface area contributed by atoms with Crippen molar-refractivity contribution in [3.05, 3.63) is 18.3 Å². The zero-order chi connectivity index (χ0) is 14.3. The van der Waals surface area contributed by atoms with Gasteiger partial charge in [-0.15, -0.1) is 10.2 Å². The molecule has 2 aromatic rings. The molecule has 2 aromatic heterocycles. The molecule has 1 aliphatic rings. The van der Waals surface area contributed by atoms with Crippen LogP contribution in [0.4, 0.5) is 5.95 Å². The average Bonchev–Trinajstić information content (AvgIpc) is 3.02. The van der Waals surface area contributed by atoms with Crippen molar-refractivity contribution >= 4 is 5.95 Å². The minimum Gasteiger partial charge on any atom is -0.379 e. The second-order valence-electron chi connectivity index (χ2n) is 4.85. The van der Waals surface area contributed by atoms with E-state index in [9.17, 15) is 0 Å². The number of aromatic nitrogens is 5. The van der Waals surface area contributed by atoms with Gasteiger partial charge >= 0.3 is 0 Å². The summed E-state index contributed by atoms with van der Waals surface area (Å²) < 4.78 is 5.33. The van der Waals surface area contributed by atoms with Crippen LogP contribution >= 0.6 is 0 Å². The van der Waals surface area contributed by atoms with Crippen molar-refractivity contribution in [3.8, 4) is 11.5 Å². The van der Waals surface area contributed by atoms with E-state index in [4.69, 9.17) is 4.74 Å². The molecular weight excluding hydrogens is 270 g/mol. The molecule has 2 N–H and O–H groups in total. The molecule has 0 atom stereocenters. The van der Waals surface area contributed by atoms with Gasteiger partial charge in [-0.3, -0.25) is 10.00 Å². The van der Waals surface area contributed by atoms with Crippen LogP contribution in [0.5, 0.6) is 0 Å². The Kier molecular flexibility index (Phi) is 4.70. The molecule has 0 saturated carbocycles. The van der Waals surface area contributed by atoms with Crippen LogP contribution in [-0.2, 0) is 4.74 Å². The summed E-state index contributed by atoms with van der Waals surface area (Å²) in [5, 5.41) is 18.0. The second-order valence-corrected chi connectivity index (χ2v) is 4.85. The fraction of sp³-hybridized carbons (Fsp3) is 0.538. The Labute approximate surface area is 122 Å². The maximum atomic E-state index is 5.33. The smallest absolute Gasteiger partial charge is 0.242 e. The van der Waals surface area contributed by atoms with Gasteiger partial charge in [0.05, 0.1) is 13.2 Å². The van der Waals surface area contributed by atoms with E-state index in [0.29, 0.717) is 17.5 Å². The van der Waals surface area contributed by atoms with Crippen LogP contribution in [-0.4, -0.2) is 69.7 Å². The zero-order valence-corrected chi connectivity index (χ0v) is 11.8. The van der Waals surface area contributed by atoms with Crippen molar-refractivity contribution < 1.29 is 4.74 Å². The van der Waals surface area contributed by atoms with Crippen LogP contribution in [0.25, 0.3) is 11.5 Å². The molecule has 8 heteroatoms. The molecule has 0 amide bonds. The van der Waals surface area contributed by atoms with Crippen molar-refractivity contribution in [1.82, 2.24) is 30.3 Å². The Hall–Kier alpha value is -2.06. The van der Waals surface area contributed by atoms with Gasteiger partial charge in [0.2, 0.25) is 5.95 Å². The first-order valence-electron chi connectivity index (χ1n) is 7.16. The molecule has 21 heavy (non-hydrogen) atoms. The molecule has 112 valence electrons. The number of hydrogen-bond acceptors (Lipinski definition) is 7. The van der Waals surface area contributed by atoms with Gasteiger partial charge in [0, 0.05) is 25.8 Å². The Balaban J connectivity index is 1.42. The highest BCUT2D eigenvalue weighted by Crippen LogP contribution is 2.11. The van der Waals surface area contributed by atoms with Gasteiger partial charge in [0.25, 0.3) is 0 Å². The molecule has 0 aromatic carbocycles. The van der Waals surface area contributed by atoms with E-state index >= 15 is 0 Å². The second kappa shape index (κ2) is 7.09. The third-order valence-electron chi connectivity index (χ3n) is 3.34. The van der Waals surface area contributed by atoms with Gasteiger partial charge in [-0.1, -0.05) is 0 Å². The summed E-state index contributed by atoms with van der Waals surface area (Å²) in [6.07, 6.45) is 2.68. The molecule has 0 bridgehead atoms. The third kappa shape index (κ3) is 3.96. The van der Waals surface area contributed by atoms with Gasteiger partial charge in [-0.25, -0.2) is 0 Å². The number of anilines is 1. The SMILES string of the molecule is c1cnnc(-c2nc(NCCCN3CCOCC3)n[nH]2)c1. The van der Waals surface area contributed by atoms with E-state index in [1.165, 1.54) is 0 Å². The number of aromatic amines is 1. The lowest BCUT2D eigenvalue weighted by Crippen LogP contribution is -2.37. The van der Waals surface area contributed by atoms with Crippen molar-refractivity contribution in [2.45, 2.75) is 6.42 Å². The summed E-state index contributed by atoms with van der Waals surface area (Å²) in [7, 11) is 0. The molecule has 0 aliphatic carbocycles. The van der Waals surface area contributed by atoms with Crippen LogP contribution in [0.2, 0.25) is 0 Å². The Morgan fingerprint density at radius 1 is 1.33 bits per heavy atom. The Morgan fingerprint density at radius 3 is 3.05 bits per heavy atom. The van der Waals surface area contributed by atoms with Gasteiger partial charge in [0.15, 0.2) is 5.82 Å². The minimum atomic E-state index is 0.595. The van der Waals surface area contributed by atoms with Gasteiger partial charge in [-0.2, -0.15) is 10.1 Å². The van der Waals surface area contributed by atoms with Crippen LogP contribution in [0.15, 0.2) is 18.3 Å². The van der Waals surface area contributed by atoms with Crippen molar-refractivity contribution in [2.24, 2.45) is 0 Å². The lowest BCUT2D eigenvalue weighted by molar-refractivity contribution is 0.0378. The number of nitrogens with one attached hydrogen (secondary N) is 2. The minimum absolute atomic E-state index is 0.595. The van der Waals surface area contributed by atoms with Crippen molar-refractivity contribution in [2.75, 3.05) is 44.7 Å². The molecule has 3 rings (SSSR count). The third-order valence-corrected chi connectivity index (χ3v) is 3.34. The molecule has 1 saturated heterocycles. The maximum Gasteiger partial charge on any atom is 0.242 e. The number of rotatable bonds is 6. The molecule has 3 heterocycles. The molecular formula is C13H19N7O. The normalized spacial score (nSPS) is 16.0. The molecule has 1 fully saturated rings. The van der Waals surface area contributed by atoms with E-state index < -0.39 is 0 Å². The average molecular weight is 289 g/mol. The first kappa shape index (κ1) is 13.9. The highest BCUT2D eigenvalue weighted by atomic mass is 16.5. The predicted octanol–water partition coefficient (Wildman–Crippen LogP) is 0.396. The lowest BCUT2D eigenvalue weighted by Gasteiger charge is -2.26. The Morgan fingerprint density at radius 2 is 2.24 bits per heavy atom. The molecule has 0 spiro atoms. The first-order chi connectivity index (χ1) is 10.4. The first-order valence-corrected chi connectivity index (χ1v) is 7.16. The van der Waals surface area contributed by atoms with Crippen LogP contribution in [0, 0.1) is 0 Å². The summed E-state index contributed by atoms with van der Waals surface area (Å²) in [6, 6.07) is 3.66. The summed E-state index contributed by atoms with van der Waals surface area (Å²) in [5.74, 6) is 1.22. The number of H-pyrrole nitrogens is 1. The highest BCUT2D eigenvalue weighted by molar-refractivity contribution is 5.49. The fourth-order valence-electron chi connectivity index (χ4n) is 2.21. The number of nitrogens with zero attached hydrogens (tertiary/aromatic N) is 5. The summed E-state index contributed by atoms with van der Waals surface area (Å²) in [5.41, 5.74) is 0.686. The van der Waals surface area contributed by atoms with Gasteiger partial charge in [-0.05, 0) is 25.1 Å². The monoisotopic (exact) mass is 289 g/mol. The van der Waals surface area contributed by atoms with E-state index in [1.807, 2.05) is 12.1 Å². The summed E-state index contributed by atoms with van der Waals surface area (Å²) in [6.45, 7) is 5.65. The fourth-order valence-corrected chi connectivity index (χ4v) is 2.21. The van der Waals surface area contributed by atoms with Gasteiger partial charge < -0.3 is 10.1 Å². The summed E-state index contributed by atoms with van der Waals surface area (Å²) in [4.78, 5) is 6.76. The number of hydrogen-bond donors (Lipinski definition) is 2.